The van der Waals surface area contributed by atoms with Gasteiger partial charge in [-0.3, -0.25) is 9.10 Å². The van der Waals surface area contributed by atoms with Crippen molar-refractivity contribution < 1.29 is 27.5 Å². The average molecular weight is 648 g/mol. The molecule has 3 aromatic carbocycles. The van der Waals surface area contributed by atoms with Gasteiger partial charge >= 0.3 is 0 Å². The molecule has 246 valence electrons. The van der Waals surface area contributed by atoms with Crippen LogP contribution in [0.5, 0.6) is 0 Å². The molecule has 0 aliphatic carbocycles. The van der Waals surface area contributed by atoms with Gasteiger partial charge < -0.3 is 24.1 Å². The number of sulfonamides is 1. The molecule has 1 aliphatic heterocycles. The van der Waals surface area contributed by atoms with Gasteiger partial charge in [-0.25, -0.2) is 8.42 Å². The Hall–Kier alpha value is -3.86. The Morgan fingerprint density at radius 3 is 2.35 bits per heavy atom. The van der Waals surface area contributed by atoms with E-state index in [4.69, 9.17) is 9.15 Å². The van der Waals surface area contributed by atoms with E-state index in [1.54, 1.807) is 32.0 Å². The number of furan rings is 1. The molecule has 5 rings (SSSR count). The Morgan fingerprint density at radius 1 is 1.00 bits per heavy atom. The first-order valence-electron chi connectivity index (χ1n) is 15.9. The van der Waals surface area contributed by atoms with E-state index < -0.39 is 16.3 Å². The number of aliphatic hydroxyl groups excluding tert-OH is 1. The average Bonchev–Trinajstić information content (AvgIpc) is 3.37. The number of carbonyl (C=O) groups excluding carboxylic acids is 1. The summed E-state index contributed by atoms with van der Waals surface area (Å²) < 4.78 is 41.9. The molecule has 2 heterocycles. The normalized spacial score (nSPS) is 14.9. The summed E-state index contributed by atoms with van der Waals surface area (Å²) in [6.45, 7) is 12.6. The van der Waals surface area contributed by atoms with Gasteiger partial charge in [-0.2, -0.15) is 0 Å². The zero-order valence-corrected chi connectivity index (χ0v) is 28.2. The summed E-state index contributed by atoms with van der Waals surface area (Å²) in [5.74, 6) is 0.409. The number of hydrogen-bond acceptors (Lipinski definition) is 7. The Labute approximate surface area is 272 Å². The Morgan fingerprint density at radius 2 is 1.67 bits per heavy atom. The number of para-hydroxylation sites is 2. The molecule has 1 amide bonds. The zero-order chi connectivity index (χ0) is 33.1. The summed E-state index contributed by atoms with van der Waals surface area (Å²) in [4.78, 5) is 17.1. The van der Waals surface area contributed by atoms with Gasteiger partial charge in [0.1, 0.15) is 5.58 Å². The van der Waals surface area contributed by atoms with Crippen molar-refractivity contribution in [3.8, 4) is 0 Å². The number of aryl methyl sites for hydroxylation is 1. The highest BCUT2D eigenvalue weighted by Gasteiger charge is 2.31. The van der Waals surface area contributed by atoms with Crippen molar-refractivity contribution in [2.75, 3.05) is 48.5 Å². The molecule has 1 saturated heterocycles. The smallest absolute Gasteiger partial charge is 0.264 e. The highest BCUT2D eigenvalue weighted by atomic mass is 32.2. The minimum Gasteiger partial charge on any atom is -0.455 e. The van der Waals surface area contributed by atoms with Crippen molar-refractivity contribution in [1.82, 2.24) is 4.90 Å². The van der Waals surface area contributed by atoms with Crippen LogP contribution in [0, 0.1) is 12.3 Å². The first-order valence-corrected chi connectivity index (χ1v) is 17.3. The zero-order valence-electron chi connectivity index (χ0n) is 27.4. The van der Waals surface area contributed by atoms with Gasteiger partial charge in [0.15, 0.2) is 5.76 Å². The first-order chi connectivity index (χ1) is 21.9. The highest BCUT2D eigenvalue weighted by Crippen LogP contribution is 2.37. The molecule has 46 heavy (non-hydrogen) atoms. The van der Waals surface area contributed by atoms with Gasteiger partial charge in [0.25, 0.3) is 10.0 Å². The quantitative estimate of drug-likeness (QED) is 0.191. The molecule has 1 aromatic heterocycles. The van der Waals surface area contributed by atoms with E-state index >= 15 is 0 Å². The molecule has 0 saturated carbocycles. The number of ether oxygens (including phenoxy) is 1. The van der Waals surface area contributed by atoms with Crippen molar-refractivity contribution in [3.05, 3.63) is 89.7 Å². The summed E-state index contributed by atoms with van der Waals surface area (Å²) >= 11 is 0. The van der Waals surface area contributed by atoms with Gasteiger partial charge in [0.05, 0.1) is 16.3 Å². The van der Waals surface area contributed by atoms with Crippen LogP contribution in [0.1, 0.15) is 57.3 Å². The topological polar surface area (TPSA) is 104 Å². The molecular formula is C36H45N3O6S. The lowest BCUT2D eigenvalue weighted by molar-refractivity contribution is -0.133. The predicted molar refractivity (Wildman–Crippen MR) is 182 cm³/mol. The monoisotopic (exact) mass is 647 g/mol. The van der Waals surface area contributed by atoms with Crippen LogP contribution in [-0.2, 0) is 26.0 Å². The molecule has 1 fully saturated rings. The number of benzene rings is 3. The predicted octanol–water partition coefficient (Wildman–Crippen LogP) is 6.29. The fourth-order valence-electron chi connectivity index (χ4n) is 5.93. The first kappa shape index (κ1) is 33.5. The Bertz CT molecular complexity index is 1760. The number of rotatable bonds is 11. The van der Waals surface area contributed by atoms with Crippen LogP contribution in [0.25, 0.3) is 11.0 Å². The molecule has 0 bridgehead atoms. The second kappa shape index (κ2) is 13.9. The summed E-state index contributed by atoms with van der Waals surface area (Å²) in [5.41, 5.74) is 3.44. The van der Waals surface area contributed by atoms with Crippen molar-refractivity contribution in [3.63, 3.8) is 0 Å². The maximum absolute atomic E-state index is 14.6. The van der Waals surface area contributed by atoms with Crippen molar-refractivity contribution in [1.29, 1.82) is 0 Å². The Kier molecular flexibility index (Phi) is 10.1. The SMILES string of the molecule is CCOC(O)c1oc2ccc(S(=O)(=O)N(CCc3ccccc3)c3ccccc3N3CCN(C(=O)CC(C)(C)C)CC3)cc2c1C. The highest BCUT2D eigenvalue weighted by molar-refractivity contribution is 7.92. The Balaban J connectivity index is 1.49. The molecule has 1 unspecified atom stereocenters. The molecule has 1 N–H and O–H groups in total. The van der Waals surface area contributed by atoms with E-state index in [2.05, 4.69) is 25.7 Å². The largest absolute Gasteiger partial charge is 0.455 e. The fourth-order valence-corrected chi connectivity index (χ4v) is 7.43. The minimum atomic E-state index is -4.05. The third-order valence-electron chi connectivity index (χ3n) is 8.33. The van der Waals surface area contributed by atoms with Crippen molar-refractivity contribution in [2.24, 2.45) is 5.41 Å². The number of carbonyl (C=O) groups is 1. The number of nitrogens with zero attached hydrogens (tertiary/aromatic N) is 3. The number of piperazine rings is 1. The second-order valence-electron chi connectivity index (χ2n) is 13.0. The van der Waals surface area contributed by atoms with Crippen LogP contribution in [0.15, 0.2) is 82.1 Å². The standard InChI is InChI=1S/C36H45N3O6S/c1-6-44-35(41)34-26(2)29-24-28(16-17-32(29)45-34)46(42,43)39(19-18-27-12-8-7-9-13-27)31-15-11-10-14-30(31)37-20-22-38(23-21-37)33(40)25-36(3,4)5/h7-17,24,35,41H,6,18-23,25H2,1-5H3. The third kappa shape index (κ3) is 7.40. The van der Waals surface area contributed by atoms with E-state index in [-0.39, 0.29) is 28.5 Å². The van der Waals surface area contributed by atoms with Crippen LogP contribution in [0.2, 0.25) is 0 Å². The lowest BCUT2D eigenvalue weighted by atomic mass is 9.91. The van der Waals surface area contributed by atoms with Gasteiger partial charge in [-0.15, -0.1) is 0 Å². The van der Waals surface area contributed by atoms with Crippen LogP contribution in [-0.4, -0.2) is 63.7 Å². The molecule has 9 nitrogen and oxygen atoms in total. The number of hydrogen-bond donors (Lipinski definition) is 1. The number of fused-ring (bicyclic) bond motifs is 1. The maximum Gasteiger partial charge on any atom is 0.264 e. The van der Waals surface area contributed by atoms with Crippen LogP contribution in [0.3, 0.4) is 0 Å². The molecular weight excluding hydrogens is 602 g/mol. The summed E-state index contributed by atoms with van der Waals surface area (Å²) in [6.07, 6.45) is -0.237. The molecule has 10 heteroatoms. The van der Waals surface area contributed by atoms with Gasteiger partial charge in [-0.05, 0) is 61.6 Å². The maximum atomic E-state index is 14.6. The van der Waals surface area contributed by atoms with Gasteiger partial charge in [-0.1, -0.05) is 63.2 Å². The lowest BCUT2D eigenvalue weighted by Gasteiger charge is -2.39. The molecule has 1 atom stereocenters. The molecule has 0 radical (unpaired) electrons. The van der Waals surface area contributed by atoms with Crippen LogP contribution < -0.4 is 9.21 Å². The number of anilines is 2. The van der Waals surface area contributed by atoms with E-state index in [0.29, 0.717) is 67.8 Å². The van der Waals surface area contributed by atoms with Gasteiger partial charge in [0, 0.05) is 56.7 Å². The second-order valence-corrected chi connectivity index (χ2v) is 14.8. The van der Waals surface area contributed by atoms with Crippen LogP contribution >= 0.6 is 0 Å². The van der Waals surface area contributed by atoms with Gasteiger partial charge in [0.2, 0.25) is 12.2 Å². The minimum absolute atomic E-state index is 0.0862. The molecule has 1 aliphatic rings. The summed E-state index contributed by atoms with van der Waals surface area (Å²) in [6, 6.07) is 22.2. The van der Waals surface area contributed by atoms with E-state index in [9.17, 15) is 18.3 Å². The van der Waals surface area contributed by atoms with E-state index in [1.165, 1.54) is 4.31 Å². The van der Waals surface area contributed by atoms with Crippen molar-refractivity contribution in [2.45, 2.75) is 58.6 Å². The molecule has 0 spiro atoms. The molecule has 4 aromatic rings. The van der Waals surface area contributed by atoms with Crippen molar-refractivity contribution >= 4 is 38.3 Å². The van der Waals surface area contributed by atoms with E-state index in [0.717, 1.165) is 11.3 Å². The number of aliphatic hydroxyl groups is 1. The fraction of sp³-hybridized carbons (Fsp3) is 0.417. The summed E-state index contributed by atoms with van der Waals surface area (Å²) in [7, 11) is -4.05. The lowest BCUT2D eigenvalue weighted by Crippen LogP contribution is -2.49. The van der Waals surface area contributed by atoms with Crippen LogP contribution in [0.4, 0.5) is 11.4 Å². The number of amides is 1. The third-order valence-corrected chi connectivity index (χ3v) is 10.1. The summed E-state index contributed by atoms with van der Waals surface area (Å²) in [5, 5.41) is 11.0. The van der Waals surface area contributed by atoms with E-state index in [1.807, 2.05) is 59.5 Å².